The van der Waals surface area contributed by atoms with Crippen LogP contribution >= 0.6 is 0 Å². The van der Waals surface area contributed by atoms with E-state index in [2.05, 4.69) is 4.98 Å². The number of hydrogen-bond acceptors (Lipinski definition) is 3. The maximum Gasteiger partial charge on any atom is 0.187 e. The van der Waals surface area contributed by atoms with Gasteiger partial charge in [-0.3, -0.25) is 4.98 Å². The van der Waals surface area contributed by atoms with Gasteiger partial charge < -0.3 is 9.29 Å². The van der Waals surface area contributed by atoms with Crippen LogP contribution in [0, 0.1) is 0 Å². The number of methoxy groups -OCH3 is 1. The van der Waals surface area contributed by atoms with Crippen molar-refractivity contribution in [3.8, 4) is 16.9 Å². The Balaban J connectivity index is 2.20. The molecule has 21 heavy (non-hydrogen) atoms. The molecule has 1 heterocycles. The molecule has 5 heteroatoms. The molecule has 1 atom stereocenters. The summed E-state index contributed by atoms with van der Waals surface area (Å²) in [7, 11) is 1.61. The van der Waals surface area contributed by atoms with Gasteiger partial charge in [-0.1, -0.05) is 12.1 Å². The van der Waals surface area contributed by atoms with Gasteiger partial charge in [0.2, 0.25) is 0 Å². The second kappa shape index (κ2) is 5.63. The van der Waals surface area contributed by atoms with Gasteiger partial charge >= 0.3 is 0 Å². The molecule has 0 saturated carbocycles. The van der Waals surface area contributed by atoms with Crippen molar-refractivity contribution in [2.24, 2.45) is 0 Å². The minimum absolute atomic E-state index is 0.390. The van der Waals surface area contributed by atoms with Crippen molar-refractivity contribution in [2.45, 2.75) is 4.90 Å². The highest BCUT2D eigenvalue weighted by Crippen LogP contribution is 2.29. The van der Waals surface area contributed by atoms with E-state index in [1.54, 1.807) is 31.6 Å². The molecule has 0 fully saturated rings. The second-order valence-electron chi connectivity index (χ2n) is 4.55. The lowest BCUT2D eigenvalue weighted by atomic mass is 10.0. The van der Waals surface area contributed by atoms with Crippen LogP contribution in [0.5, 0.6) is 5.75 Å². The summed E-state index contributed by atoms with van der Waals surface area (Å²) in [5.74, 6) is 0.771. The van der Waals surface area contributed by atoms with Crippen LogP contribution in [0.15, 0.2) is 59.8 Å². The van der Waals surface area contributed by atoms with Crippen molar-refractivity contribution < 1.29 is 13.5 Å². The number of fused-ring (bicyclic) bond motifs is 1. The number of nitrogens with zero attached hydrogens (tertiary/aromatic N) is 1. The van der Waals surface area contributed by atoms with Crippen LogP contribution in [-0.4, -0.2) is 20.9 Å². The van der Waals surface area contributed by atoms with Gasteiger partial charge in [0, 0.05) is 23.2 Å². The molecule has 106 valence electrons. The van der Waals surface area contributed by atoms with E-state index in [9.17, 15) is 8.76 Å². The third-order valence-corrected chi connectivity index (χ3v) is 4.04. The Labute approximate surface area is 124 Å². The molecule has 3 aromatic rings. The standard InChI is InChI=1S/C16H13NO3S/c1-20-14-4-2-11(3-5-14)12-8-13-10-17-7-6-15(13)16(9-12)21(18)19/h2-10H,1H3,(H,18,19). The van der Waals surface area contributed by atoms with Crippen molar-refractivity contribution in [2.75, 3.05) is 7.11 Å². The smallest absolute Gasteiger partial charge is 0.187 e. The zero-order chi connectivity index (χ0) is 14.8. The summed E-state index contributed by atoms with van der Waals surface area (Å²) in [4.78, 5) is 4.46. The Morgan fingerprint density at radius 1 is 1.10 bits per heavy atom. The zero-order valence-electron chi connectivity index (χ0n) is 11.3. The second-order valence-corrected chi connectivity index (χ2v) is 5.49. The van der Waals surface area contributed by atoms with Crippen molar-refractivity contribution in [3.63, 3.8) is 0 Å². The molecule has 4 nitrogen and oxygen atoms in total. The fourth-order valence-electron chi connectivity index (χ4n) is 2.27. The molecule has 1 aromatic heterocycles. The number of ether oxygens (including phenoxy) is 1. The molecule has 0 saturated heterocycles. The van der Waals surface area contributed by atoms with Crippen LogP contribution in [0.1, 0.15) is 0 Å². The molecule has 1 unspecified atom stereocenters. The predicted molar refractivity (Wildman–Crippen MR) is 82.8 cm³/mol. The first kappa shape index (κ1) is 13.7. The summed E-state index contributed by atoms with van der Waals surface area (Å²) in [6.07, 6.45) is 3.31. The van der Waals surface area contributed by atoms with E-state index in [0.717, 1.165) is 27.6 Å². The lowest BCUT2D eigenvalue weighted by molar-refractivity contribution is 0.415. The van der Waals surface area contributed by atoms with E-state index >= 15 is 0 Å². The number of benzene rings is 2. The lowest BCUT2D eigenvalue weighted by Gasteiger charge is -2.08. The Bertz CT molecular complexity index is 815. The van der Waals surface area contributed by atoms with Crippen LogP contribution in [-0.2, 0) is 11.1 Å². The summed E-state index contributed by atoms with van der Waals surface area (Å²) < 4.78 is 26.2. The van der Waals surface area contributed by atoms with E-state index in [1.807, 2.05) is 30.3 Å². The van der Waals surface area contributed by atoms with Crippen molar-refractivity contribution in [1.29, 1.82) is 0 Å². The van der Waals surface area contributed by atoms with E-state index in [-0.39, 0.29) is 0 Å². The third-order valence-electron chi connectivity index (χ3n) is 3.33. The van der Waals surface area contributed by atoms with Gasteiger partial charge in [0.1, 0.15) is 5.75 Å². The maximum absolute atomic E-state index is 11.6. The Kier molecular flexibility index (Phi) is 3.68. The number of pyridine rings is 1. The van der Waals surface area contributed by atoms with Gasteiger partial charge in [0.25, 0.3) is 0 Å². The first-order valence-corrected chi connectivity index (χ1v) is 7.43. The van der Waals surface area contributed by atoms with Gasteiger partial charge in [-0.05, 0) is 41.5 Å². The van der Waals surface area contributed by atoms with Crippen molar-refractivity contribution in [3.05, 3.63) is 54.9 Å². The molecule has 0 aliphatic heterocycles. The summed E-state index contributed by atoms with van der Waals surface area (Å²) in [5, 5.41) is 1.58. The number of aromatic nitrogens is 1. The number of hydrogen-bond donors (Lipinski definition) is 1. The highest BCUT2D eigenvalue weighted by molar-refractivity contribution is 7.79. The molecule has 0 bridgehead atoms. The minimum Gasteiger partial charge on any atom is -0.497 e. The van der Waals surface area contributed by atoms with E-state index in [0.29, 0.717) is 4.90 Å². The molecule has 1 N–H and O–H groups in total. The van der Waals surface area contributed by atoms with Gasteiger partial charge in [0.15, 0.2) is 11.1 Å². The normalized spacial score (nSPS) is 12.3. The SMILES string of the molecule is COc1ccc(-c2cc(S(=O)O)c3ccncc3c2)cc1. The van der Waals surface area contributed by atoms with Crippen molar-refractivity contribution in [1.82, 2.24) is 4.98 Å². The van der Waals surface area contributed by atoms with Gasteiger partial charge in [0.05, 0.1) is 12.0 Å². The third kappa shape index (κ3) is 2.66. The summed E-state index contributed by atoms with van der Waals surface area (Å²) in [5.41, 5.74) is 1.82. The van der Waals surface area contributed by atoms with Crippen molar-refractivity contribution >= 4 is 21.9 Å². The molecule has 2 aromatic carbocycles. The summed E-state index contributed by atoms with van der Waals surface area (Å²) >= 11 is -2.05. The largest absolute Gasteiger partial charge is 0.497 e. The molecule has 3 rings (SSSR count). The quantitative estimate of drug-likeness (QED) is 0.752. The van der Waals surface area contributed by atoms with E-state index in [4.69, 9.17) is 4.74 Å². The predicted octanol–water partition coefficient (Wildman–Crippen LogP) is 3.49. The molecular weight excluding hydrogens is 286 g/mol. The summed E-state index contributed by atoms with van der Waals surface area (Å²) in [6, 6.07) is 13.0. The number of rotatable bonds is 3. The van der Waals surface area contributed by atoms with E-state index in [1.165, 1.54) is 0 Å². The lowest BCUT2D eigenvalue weighted by Crippen LogP contribution is -1.92. The Morgan fingerprint density at radius 2 is 1.86 bits per heavy atom. The monoisotopic (exact) mass is 299 g/mol. The first-order chi connectivity index (χ1) is 10.2. The zero-order valence-corrected chi connectivity index (χ0v) is 12.1. The maximum atomic E-state index is 11.6. The minimum atomic E-state index is -2.05. The van der Waals surface area contributed by atoms with Gasteiger partial charge in [-0.2, -0.15) is 0 Å². The fraction of sp³-hybridized carbons (Fsp3) is 0.0625. The van der Waals surface area contributed by atoms with Crippen LogP contribution < -0.4 is 4.74 Å². The highest BCUT2D eigenvalue weighted by atomic mass is 32.2. The Morgan fingerprint density at radius 3 is 2.52 bits per heavy atom. The Hall–Kier alpha value is -2.24. The van der Waals surface area contributed by atoms with Gasteiger partial charge in [-0.25, -0.2) is 4.21 Å². The summed E-state index contributed by atoms with van der Waals surface area (Å²) in [6.45, 7) is 0. The topological polar surface area (TPSA) is 59.4 Å². The molecule has 0 aliphatic carbocycles. The molecule has 0 aliphatic rings. The van der Waals surface area contributed by atoms with Crippen LogP contribution in [0.25, 0.3) is 21.9 Å². The van der Waals surface area contributed by atoms with Crippen LogP contribution in [0.4, 0.5) is 0 Å². The van der Waals surface area contributed by atoms with Crippen LogP contribution in [0.2, 0.25) is 0 Å². The molecule has 0 spiro atoms. The first-order valence-electron chi connectivity index (χ1n) is 6.32. The highest BCUT2D eigenvalue weighted by Gasteiger charge is 2.10. The average Bonchev–Trinajstić information content (AvgIpc) is 2.53. The van der Waals surface area contributed by atoms with Gasteiger partial charge in [-0.15, -0.1) is 0 Å². The molecule has 0 amide bonds. The molecular formula is C16H13NO3S. The van der Waals surface area contributed by atoms with Crippen LogP contribution in [0.3, 0.4) is 0 Å². The fourth-order valence-corrected chi connectivity index (χ4v) is 2.87. The van der Waals surface area contributed by atoms with E-state index < -0.39 is 11.1 Å². The molecule has 0 radical (unpaired) electrons. The average molecular weight is 299 g/mol.